The first-order valence-corrected chi connectivity index (χ1v) is 12.4. The number of rotatable bonds is 8. The second-order valence-electron chi connectivity index (χ2n) is 7.67. The van der Waals surface area contributed by atoms with E-state index in [0.29, 0.717) is 55.8 Å². The fourth-order valence-electron chi connectivity index (χ4n) is 3.05. The van der Waals surface area contributed by atoms with Gasteiger partial charge in [-0.3, -0.25) is 4.79 Å². The first kappa shape index (κ1) is 23.7. The Morgan fingerprint density at radius 1 is 1.16 bits per heavy atom. The van der Waals surface area contributed by atoms with Gasteiger partial charge in [-0.05, 0) is 54.8 Å². The standard InChI is InChI=1S/C22H27BrN2O5S/c1-16(2)9-12-30-21-8-3-17(23)15-20(21)22(26)24-18-4-6-19(7-5-18)31(27,28)25-10-13-29-14-11-25/h3-8,15-16H,9-14H2,1-2H3,(H,24,26). The summed E-state index contributed by atoms with van der Waals surface area (Å²) in [5.74, 6) is 0.678. The number of hydrogen-bond donors (Lipinski definition) is 1. The van der Waals surface area contributed by atoms with Crippen LogP contribution in [-0.4, -0.2) is 51.5 Å². The SMILES string of the molecule is CC(C)CCOc1ccc(Br)cc1C(=O)Nc1ccc(S(=O)(=O)N2CCOCC2)cc1. The van der Waals surface area contributed by atoms with Gasteiger partial charge in [0, 0.05) is 23.2 Å². The van der Waals surface area contributed by atoms with E-state index >= 15 is 0 Å². The maximum atomic E-state index is 12.9. The normalized spacial score (nSPS) is 15.1. The van der Waals surface area contributed by atoms with Crippen molar-refractivity contribution in [3.63, 3.8) is 0 Å². The summed E-state index contributed by atoms with van der Waals surface area (Å²) in [5.41, 5.74) is 0.905. The summed E-state index contributed by atoms with van der Waals surface area (Å²) in [6, 6.07) is 11.5. The third-order valence-electron chi connectivity index (χ3n) is 4.86. The lowest BCUT2D eigenvalue weighted by Crippen LogP contribution is -2.40. The van der Waals surface area contributed by atoms with Crippen molar-refractivity contribution in [3.8, 4) is 5.75 Å². The van der Waals surface area contributed by atoms with Gasteiger partial charge < -0.3 is 14.8 Å². The minimum absolute atomic E-state index is 0.188. The van der Waals surface area contributed by atoms with Gasteiger partial charge in [0.1, 0.15) is 5.75 Å². The monoisotopic (exact) mass is 510 g/mol. The molecule has 1 amide bonds. The maximum absolute atomic E-state index is 12.9. The number of halogens is 1. The van der Waals surface area contributed by atoms with Gasteiger partial charge in [-0.2, -0.15) is 4.31 Å². The molecule has 1 saturated heterocycles. The number of benzene rings is 2. The molecule has 1 aliphatic heterocycles. The molecular formula is C22H27BrN2O5S. The van der Waals surface area contributed by atoms with E-state index in [1.165, 1.54) is 16.4 Å². The molecule has 0 radical (unpaired) electrons. The molecule has 0 bridgehead atoms. The molecule has 0 aliphatic carbocycles. The third-order valence-corrected chi connectivity index (χ3v) is 7.27. The number of carbonyl (C=O) groups is 1. The van der Waals surface area contributed by atoms with Gasteiger partial charge in [0.2, 0.25) is 10.0 Å². The van der Waals surface area contributed by atoms with E-state index in [1.54, 1.807) is 24.3 Å². The second kappa shape index (κ2) is 10.6. The van der Waals surface area contributed by atoms with Crippen LogP contribution < -0.4 is 10.1 Å². The molecule has 168 valence electrons. The molecule has 1 heterocycles. The largest absolute Gasteiger partial charge is 0.493 e. The number of morpholine rings is 1. The van der Waals surface area contributed by atoms with Crippen LogP contribution in [0.2, 0.25) is 0 Å². The van der Waals surface area contributed by atoms with Crippen LogP contribution in [0, 0.1) is 5.92 Å². The molecular weight excluding hydrogens is 484 g/mol. The zero-order valence-corrected chi connectivity index (χ0v) is 20.0. The van der Waals surface area contributed by atoms with Gasteiger partial charge in [-0.1, -0.05) is 29.8 Å². The van der Waals surface area contributed by atoms with Crippen molar-refractivity contribution in [2.45, 2.75) is 25.2 Å². The summed E-state index contributed by atoms with van der Waals surface area (Å²) >= 11 is 3.39. The lowest BCUT2D eigenvalue weighted by atomic mass is 10.1. The Bertz CT molecular complexity index is 1000. The molecule has 1 fully saturated rings. The molecule has 1 aliphatic rings. The van der Waals surface area contributed by atoms with Crippen molar-refractivity contribution in [2.75, 3.05) is 38.2 Å². The first-order chi connectivity index (χ1) is 14.8. The third kappa shape index (κ3) is 6.29. The van der Waals surface area contributed by atoms with E-state index < -0.39 is 10.0 Å². The van der Waals surface area contributed by atoms with E-state index in [1.807, 2.05) is 6.07 Å². The van der Waals surface area contributed by atoms with Crippen molar-refractivity contribution in [3.05, 3.63) is 52.5 Å². The summed E-state index contributed by atoms with van der Waals surface area (Å²) in [6.07, 6.45) is 0.885. The van der Waals surface area contributed by atoms with Gasteiger partial charge >= 0.3 is 0 Å². The van der Waals surface area contributed by atoms with Gasteiger partial charge in [0.05, 0.1) is 30.3 Å². The van der Waals surface area contributed by atoms with Crippen molar-refractivity contribution in [1.82, 2.24) is 4.31 Å². The number of anilines is 1. The molecule has 0 atom stereocenters. The van der Waals surface area contributed by atoms with Crippen molar-refractivity contribution >= 4 is 37.5 Å². The Morgan fingerprint density at radius 2 is 1.84 bits per heavy atom. The molecule has 7 nitrogen and oxygen atoms in total. The van der Waals surface area contributed by atoms with Gasteiger partial charge in [0.25, 0.3) is 5.91 Å². The quantitative estimate of drug-likeness (QED) is 0.576. The van der Waals surface area contributed by atoms with Gasteiger partial charge in [0.15, 0.2) is 0 Å². The summed E-state index contributed by atoms with van der Waals surface area (Å²) in [4.78, 5) is 13.0. The van der Waals surface area contributed by atoms with E-state index in [0.717, 1.165) is 10.9 Å². The van der Waals surface area contributed by atoms with Gasteiger partial charge in [-0.25, -0.2) is 8.42 Å². The fraction of sp³-hybridized carbons (Fsp3) is 0.409. The van der Waals surface area contributed by atoms with Crippen LogP contribution in [0.1, 0.15) is 30.6 Å². The predicted octanol–water partition coefficient (Wildman–Crippen LogP) is 4.15. The molecule has 1 N–H and O–H groups in total. The predicted molar refractivity (Wildman–Crippen MR) is 123 cm³/mol. The highest BCUT2D eigenvalue weighted by molar-refractivity contribution is 9.10. The molecule has 0 spiro atoms. The molecule has 2 aromatic carbocycles. The number of nitrogens with zero attached hydrogens (tertiary/aromatic N) is 1. The Morgan fingerprint density at radius 3 is 2.48 bits per heavy atom. The Balaban J connectivity index is 1.71. The van der Waals surface area contributed by atoms with E-state index in [-0.39, 0.29) is 10.8 Å². The molecule has 0 aromatic heterocycles. The maximum Gasteiger partial charge on any atom is 0.259 e. The Kier molecular flexibility index (Phi) is 8.10. The highest BCUT2D eigenvalue weighted by Gasteiger charge is 2.26. The van der Waals surface area contributed by atoms with Crippen LogP contribution in [0.15, 0.2) is 51.8 Å². The number of amides is 1. The number of ether oxygens (including phenoxy) is 2. The molecule has 9 heteroatoms. The number of sulfonamides is 1. The van der Waals surface area contributed by atoms with E-state index in [2.05, 4.69) is 35.1 Å². The average Bonchev–Trinajstić information content (AvgIpc) is 2.75. The van der Waals surface area contributed by atoms with E-state index in [4.69, 9.17) is 9.47 Å². The topological polar surface area (TPSA) is 84.9 Å². The van der Waals surface area contributed by atoms with Crippen LogP contribution in [-0.2, 0) is 14.8 Å². The van der Waals surface area contributed by atoms with Crippen LogP contribution in [0.4, 0.5) is 5.69 Å². The lowest BCUT2D eigenvalue weighted by molar-refractivity contribution is 0.0730. The Hall–Kier alpha value is -1.94. The summed E-state index contributed by atoms with van der Waals surface area (Å²) in [7, 11) is -3.57. The van der Waals surface area contributed by atoms with Crippen LogP contribution in [0.3, 0.4) is 0 Å². The molecule has 0 unspecified atom stereocenters. The van der Waals surface area contributed by atoms with Crippen LogP contribution in [0.5, 0.6) is 5.75 Å². The second-order valence-corrected chi connectivity index (χ2v) is 10.5. The summed E-state index contributed by atoms with van der Waals surface area (Å²) in [5, 5.41) is 2.82. The van der Waals surface area contributed by atoms with Crippen LogP contribution >= 0.6 is 15.9 Å². The highest BCUT2D eigenvalue weighted by atomic mass is 79.9. The average molecular weight is 511 g/mol. The molecule has 31 heavy (non-hydrogen) atoms. The zero-order valence-electron chi connectivity index (χ0n) is 17.6. The van der Waals surface area contributed by atoms with Crippen molar-refractivity contribution in [1.29, 1.82) is 0 Å². The highest BCUT2D eigenvalue weighted by Crippen LogP contribution is 2.26. The minimum atomic E-state index is -3.57. The summed E-state index contributed by atoms with van der Waals surface area (Å²) in [6.45, 7) is 6.20. The smallest absolute Gasteiger partial charge is 0.259 e. The molecule has 0 saturated carbocycles. The Labute approximate surface area is 191 Å². The first-order valence-electron chi connectivity index (χ1n) is 10.2. The van der Waals surface area contributed by atoms with Crippen LogP contribution in [0.25, 0.3) is 0 Å². The number of nitrogens with one attached hydrogen (secondary N) is 1. The number of hydrogen-bond acceptors (Lipinski definition) is 5. The fourth-order valence-corrected chi connectivity index (χ4v) is 4.82. The molecule has 2 aromatic rings. The summed E-state index contributed by atoms with van der Waals surface area (Å²) < 4.78 is 38.7. The number of carbonyl (C=O) groups excluding carboxylic acids is 1. The zero-order chi connectivity index (χ0) is 22.4. The molecule has 3 rings (SSSR count). The van der Waals surface area contributed by atoms with Crippen molar-refractivity contribution < 1.29 is 22.7 Å². The van der Waals surface area contributed by atoms with E-state index in [9.17, 15) is 13.2 Å². The minimum Gasteiger partial charge on any atom is -0.493 e. The lowest BCUT2D eigenvalue weighted by Gasteiger charge is -2.26. The van der Waals surface area contributed by atoms with Gasteiger partial charge in [-0.15, -0.1) is 0 Å². The van der Waals surface area contributed by atoms with Crippen molar-refractivity contribution in [2.24, 2.45) is 5.92 Å².